The molecule has 2 aromatic rings. The van der Waals surface area contributed by atoms with Crippen molar-refractivity contribution < 1.29 is 23.8 Å². The van der Waals surface area contributed by atoms with Crippen LogP contribution in [0.4, 0.5) is 0 Å². The van der Waals surface area contributed by atoms with Gasteiger partial charge < -0.3 is 14.2 Å². The molecule has 3 rings (SSSR count). The molecule has 0 bridgehead atoms. The Labute approximate surface area is 130 Å². The molecule has 0 aliphatic carbocycles. The van der Waals surface area contributed by atoms with Gasteiger partial charge in [-0.25, -0.2) is 9.48 Å². The summed E-state index contributed by atoms with van der Waals surface area (Å²) in [5.74, 6) is -0.133. The van der Waals surface area contributed by atoms with Crippen LogP contribution >= 0.6 is 0 Å². The van der Waals surface area contributed by atoms with Gasteiger partial charge in [0, 0.05) is 18.7 Å². The molecule has 0 atom stereocenters. The predicted molar refractivity (Wildman–Crippen MR) is 76.7 cm³/mol. The van der Waals surface area contributed by atoms with Gasteiger partial charge in [0.2, 0.25) is 6.79 Å². The van der Waals surface area contributed by atoms with Crippen LogP contribution in [0, 0.1) is 0 Å². The first-order valence-corrected chi connectivity index (χ1v) is 6.69. The average Bonchev–Trinajstić information content (AvgIpc) is 3.02. The number of carbonyl (C=O) groups excluding carboxylic acids is 2. The van der Waals surface area contributed by atoms with Gasteiger partial charge in [0.15, 0.2) is 29.6 Å². The predicted octanol–water partition coefficient (Wildman–Crippen LogP) is 0.549. The molecule has 0 saturated carbocycles. The lowest BCUT2D eigenvalue weighted by Gasteiger charge is -2.05. The van der Waals surface area contributed by atoms with Gasteiger partial charge in [0.1, 0.15) is 0 Å². The molecule has 2 heterocycles. The van der Waals surface area contributed by atoms with Crippen LogP contribution in [0.3, 0.4) is 0 Å². The second-order valence-electron chi connectivity index (χ2n) is 4.75. The van der Waals surface area contributed by atoms with Crippen molar-refractivity contribution in [2.24, 2.45) is 7.05 Å². The number of fused-ring (bicyclic) bond motifs is 1. The van der Waals surface area contributed by atoms with E-state index in [9.17, 15) is 14.4 Å². The fraction of sp³-hybridized carbons (Fsp3) is 0.200. The third-order valence-corrected chi connectivity index (χ3v) is 3.20. The number of hydrogen-bond acceptors (Lipinski definition) is 7. The second kappa shape index (κ2) is 5.91. The van der Waals surface area contributed by atoms with Gasteiger partial charge in [-0.1, -0.05) is 0 Å². The molecule has 1 aliphatic heterocycles. The summed E-state index contributed by atoms with van der Waals surface area (Å²) in [7, 11) is 1.41. The molecule has 0 spiro atoms. The van der Waals surface area contributed by atoms with Crippen LogP contribution in [0.15, 0.2) is 35.1 Å². The summed E-state index contributed by atoms with van der Waals surface area (Å²) in [5, 5.41) is 3.75. The van der Waals surface area contributed by atoms with Crippen molar-refractivity contribution >= 4 is 11.8 Å². The van der Waals surface area contributed by atoms with Gasteiger partial charge in [0.05, 0.1) is 0 Å². The van der Waals surface area contributed by atoms with Gasteiger partial charge in [-0.05, 0) is 24.3 Å². The molecule has 0 saturated heterocycles. The monoisotopic (exact) mass is 316 g/mol. The fourth-order valence-electron chi connectivity index (χ4n) is 1.97. The normalized spacial score (nSPS) is 12.0. The molecule has 118 valence electrons. The first-order valence-electron chi connectivity index (χ1n) is 6.69. The van der Waals surface area contributed by atoms with Crippen molar-refractivity contribution in [3.8, 4) is 11.5 Å². The van der Waals surface area contributed by atoms with Crippen LogP contribution in [0.2, 0.25) is 0 Å². The van der Waals surface area contributed by atoms with E-state index in [1.807, 2.05) is 0 Å². The summed E-state index contributed by atoms with van der Waals surface area (Å²) >= 11 is 0. The zero-order valence-electron chi connectivity index (χ0n) is 12.1. The van der Waals surface area contributed by atoms with E-state index in [2.05, 4.69) is 5.10 Å². The molecule has 0 amide bonds. The van der Waals surface area contributed by atoms with E-state index in [1.165, 1.54) is 25.2 Å². The van der Waals surface area contributed by atoms with Crippen LogP contribution < -0.4 is 15.0 Å². The Hall–Kier alpha value is -3.16. The van der Waals surface area contributed by atoms with E-state index in [-0.39, 0.29) is 23.8 Å². The van der Waals surface area contributed by atoms with Crippen molar-refractivity contribution in [1.29, 1.82) is 0 Å². The van der Waals surface area contributed by atoms with Crippen LogP contribution in [0.25, 0.3) is 0 Å². The van der Waals surface area contributed by atoms with E-state index in [4.69, 9.17) is 14.2 Å². The Morgan fingerprint density at radius 2 is 2.00 bits per heavy atom. The summed E-state index contributed by atoms with van der Waals surface area (Å²) in [4.78, 5) is 35.1. The topological polar surface area (TPSA) is 96.7 Å². The third-order valence-electron chi connectivity index (χ3n) is 3.20. The number of ketones is 1. The van der Waals surface area contributed by atoms with Crippen LogP contribution in [0.5, 0.6) is 11.5 Å². The Kier molecular flexibility index (Phi) is 3.80. The molecule has 0 fully saturated rings. The van der Waals surface area contributed by atoms with E-state index in [0.717, 1.165) is 4.68 Å². The molecule has 1 aliphatic rings. The average molecular weight is 316 g/mol. The minimum atomic E-state index is -0.783. The quantitative estimate of drug-likeness (QED) is 0.600. The van der Waals surface area contributed by atoms with Crippen LogP contribution in [0.1, 0.15) is 20.8 Å². The van der Waals surface area contributed by atoms with E-state index >= 15 is 0 Å². The molecule has 0 unspecified atom stereocenters. The SMILES string of the molecule is Cn1nc(C(=O)OCC(=O)c2ccc3c(c2)OCO3)ccc1=O. The number of aryl methyl sites for hydroxylation is 1. The molecular formula is C15H12N2O6. The number of nitrogens with zero attached hydrogens (tertiary/aromatic N) is 2. The summed E-state index contributed by atoms with van der Waals surface area (Å²) in [5.41, 5.74) is -0.0564. The second-order valence-corrected chi connectivity index (χ2v) is 4.75. The molecule has 1 aromatic carbocycles. The summed E-state index contributed by atoms with van der Waals surface area (Å²) in [6, 6.07) is 7.15. The highest BCUT2D eigenvalue weighted by Crippen LogP contribution is 2.32. The summed E-state index contributed by atoms with van der Waals surface area (Å²) in [6.45, 7) is -0.330. The maximum atomic E-state index is 12.1. The Bertz CT molecular complexity index is 842. The number of ether oxygens (including phenoxy) is 3. The Morgan fingerprint density at radius 3 is 2.78 bits per heavy atom. The number of rotatable bonds is 4. The highest BCUT2D eigenvalue weighted by molar-refractivity contribution is 5.99. The number of carbonyl (C=O) groups is 2. The highest BCUT2D eigenvalue weighted by atomic mass is 16.7. The number of hydrogen-bond donors (Lipinski definition) is 0. The van der Waals surface area contributed by atoms with Gasteiger partial charge >= 0.3 is 5.97 Å². The van der Waals surface area contributed by atoms with Crippen molar-refractivity contribution in [2.45, 2.75) is 0 Å². The maximum Gasteiger partial charge on any atom is 0.359 e. The molecule has 8 nitrogen and oxygen atoms in total. The van der Waals surface area contributed by atoms with E-state index in [1.54, 1.807) is 12.1 Å². The van der Waals surface area contributed by atoms with E-state index < -0.39 is 12.6 Å². The lowest BCUT2D eigenvalue weighted by Crippen LogP contribution is -2.23. The zero-order chi connectivity index (χ0) is 16.4. The first-order chi connectivity index (χ1) is 11.0. The molecule has 8 heteroatoms. The van der Waals surface area contributed by atoms with Gasteiger partial charge in [-0.3, -0.25) is 9.59 Å². The molecular weight excluding hydrogens is 304 g/mol. The lowest BCUT2D eigenvalue weighted by atomic mass is 10.1. The van der Waals surface area contributed by atoms with Gasteiger partial charge in [0.25, 0.3) is 5.56 Å². The standard InChI is InChI=1S/C15H12N2O6/c1-17-14(19)5-3-10(16-17)15(20)21-7-11(18)9-2-4-12-13(6-9)23-8-22-12/h2-6H,7-8H2,1H3. The van der Waals surface area contributed by atoms with E-state index in [0.29, 0.717) is 17.1 Å². The third kappa shape index (κ3) is 3.05. The molecule has 0 radical (unpaired) electrons. The zero-order valence-corrected chi connectivity index (χ0v) is 12.1. The van der Waals surface area contributed by atoms with Gasteiger partial charge in [-0.15, -0.1) is 0 Å². The summed E-state index contributed by atoms with van der Waals surface area (Å²) < 4.78 is 16.3. The summed E-state index contributed by atoms with van der Waals surface area (Å²) in [6.07, 6.45) is 0. The van der Waals surface area contributed by atoms with Crippen molar-refractivity contribution in [1.82, 2.24) is 9.78 Å². The molecule has 0 N–H and O–H groups in total. The fourth-order valence-corrected chi connectivity index (χ4v) is 1.97. The number of Topliss-reactive ketones (excluding diaryl/α,β-unsaturated/α-hetero) is 1. The number of esters is 1. The first kappa shape index (κ1) is 14.8. The smallest absolute Gasteiger partial charge is 0.359 e. The number of aromatic nitrogens is 2. The minimum absolute atomic E-state index is 0.0504. The highest BCUT2D eigenvalue weighted by Gasteiger charge is 2.18. The minimum Gasteiger partial charge on any atom is -0.454 e. The van der Waals surface area contributed by atoms with Crippen LogP contribution in [-0.2, 0) is 11.8 Å². The van der Waals surface area contributed by atoms with Crippen LogP contribution in [-0.4, -0.2) is 34.9 Å². The Balaban J connectivity index is 1.65. The van der Waals surface area contributed by atoms with Gasteiger partial charge in [-0.2, -0.15) is 5.10 Å². The largest absolute Gasteiger partial charge is 0.454 e. The Morgan fingerprint density at radius 1 is 1.22 bits per heavy atom. The van der Waals surface area contributed by atoms with Crippen molar-refractivity contribution in [3.05, 3.63) is 51.9 Å². The van der Waals surface area contributed by atoms with Crippen molar-refractivity contribution in [3.63, 3.8) is 0 Å². The number of benzene rings is 1. The maximum absolute atomic E-state index is 12.1. The molecule has 1 aromatic heterocycles. The lowest BCUT2D eigenvalue weighted by molar-refractivity contribution is 0.0466. The molecule has 23 heavy (non-hydrogen) atoms. The van der Waals surface area contributed by atoms with Crippen molar-refractivity contribution in [2.75, 3.05) is 13.4 Å².